The molecule has 0 fully saturated rings. The molecule has 0 radical (unpaired) electrons. The van der Waals surface area contributed by atoms with Crippen LogP contribution in [0, 0.1) is 0 Å². The highest BCUT2D eigenvalue weighted by Crippen LogP contribution is 2.52. The van der Waals surface area contributed by atoms with Crippen molar-refractivity contribution in [2.75, 3.05) is 5.32 Å². The molecule has 1 aliphatic carbocycles. The number of hydrogen-bond donors (Lipinski definition) is 1. The van der Waals surface area contributed by atoms with E-state index in [0.717, 1.165) is 31.5 Å². The quantitative estimate of drug-likeness (QED) is 0.0656. The van der Waals surface area contributed by atoms with Crippen LogP contribution >= 0.6 is 0 Å². The summed E-state index contributed by atoms with van der Waals surface area (Å²) in [5.41, 5.74) is 23.6. The fourth-order valence-electron chi connectivity index (χ4n) is 11.5. The van der Waals surface area contributed by atoms with Crippen molar-refractivity contribution in [3.63, 3.8) is 0 Å². The Hall–Kier alpha value is -6.58. The number of aryl methyl sites for hydroxylation is 2. The predicted octanol–water partition coefficient (Wildman–Crippen LogP) is 14.8. The summed E-state index contributed by atoms with van der Waals surface area (Å²) in [4.78, 5) is 0. The second-order valence-electron chi connectivity index (χ2n) is 19.3. The number of fused-ring (bicyclic) bond motifs is 8. The van der Waals surface area contributed by atoms with Crippen LogP contribution in [0.1, 0.15) is 111 Å². The maximum absolute atomic E-state index is 4.07. The molecule has 3 heteroatoms. The van der Waals surface area contributed by atoms with E-state index in [1.165, 1.54) is 138 Å². The van der Waals surface area contributed by atoms with E-state index in [9.17, 15) is 0 Å². The molecule has 0 atom stereocenters. The van der Waals surface area contributed by atoms with Gasteiger partial charge in [0.2, 0.25) is 0 Å². The van der Waals surface area contributed by atoms with Crippen molar-refractivity contribution in [2.24, 2.45) is 0 Å². The SMILES string of the molecule is CCCCCc1ccc(Nc2cc3c(cc2-c2cc(C(c4ccccc4)c4ccccc4)c4c5ccccc5n5c4c2Bc2cc(CCCCC)ccc2-5)C(C)(C)c2ccccc2-3)cc1. The summed E-state index contributed by atoms with van der Waals surface area (Å²) >= 11 is 0. The van der Waals surface area contributed by atoms with E-state index in [4.69, 9.17) is 0 Å². The number of rotatable bonds is 14. The van der Waals surface area contributed by atoms with Crippen molar-refractivity contribution in [2.45, 2.75) is 90.4 Å². The second-order valence-corrected chi connectivity index (χ2v) is 19.3. The molecule has 2 heterocycles. The summed E-state index contributed by atoms with van der Waals surface area (Å²) in [6.45, 7) is 9.41. The van der Waals surface area contributed by atoms with Crippen LogP contribution < -0.4 is 16.2 Å². The Morgan fingerprint density at radius 1 is 0.554 bits per heavy atom. The van der Waals surface area contributed by atoms with Gasteiger partial charge < -0.3 is 9.88 Å². The van der Waals surface area contributed by atoms with Gasteiger partial charge in [0.05, 0.1) is 5.52 Å². The lowest BCUT2D eigenvalue weighted by atomic mass is 9.58. The van der Waals surface area contributed by atoms with Gasteiger partial charge in [-0.3, -0.25) is 0 Å². The van der Waals surface area contributed by atoms with Crippen LogP contribution in [0.25, 0.3) is 49.7 Å². The Morgan fingerprint density at radius 2 is 1.20 bits per heavy atom. The molecule has 0 bridgehead atoms. The van der Waals surface area contributed by atoms with Gasteiger partial charge in [-0.05, 0) is 129 Å². The van der Waals surface area contributed by atoms with E-state index in [0.29, 0.717) is 0 Å². The molecule has 1 aromatic heterocycles. The lowest BCUT2D eigenvalue weighted by Gasteiger charge is -2.29. The monoisotopic (exact) mass is 842 g/mol. The van der Waals surface area contributed by atoms with Gasteiger partial charge in [-0.2, -0.15) is 0 Å². The average Bonchev–Trinajstić information content (AvgIpc) is 3.80. The summed E-state index contributed by atoms with van der Waals surface area (Å²) in [6, 6.07) is 64.9. The number of benzene rings is 8. The predicted molar refractivity (Wildman–Crippen MR) is 280 cm³/mol. The number of hydrogen-bond acceptors (Lipinski definition) is 1. The van der Waals surface area contributed by atoms with Crippen molar-refractivity contribution in [1.82, 2.24) is 4.57 Å². The molecular weight excluding hydrogens is 784 g/mol. The van der Waals surface area contributed by atoms with Gasteiger partial charge in [-0.25, -0.2) is 0 Å². The summed E-state index contributed by atoms with van der Waals surface area (Å²) in [5.74, 6) is 0.0126. The third-order valence-corrected chi connectivity index (χ3v) is 14.8. The third-order valence-electron chi connectivity index (χ3n) is 14.8. The Morgan fingerprint density at radius 3 is 1.92 bits per heavy atom. The van der Waals surface area contributed by atoms with Crippen molar-refractivity contribution in [3.8, 4) is 27.9 Å². The van der Waals surface area contributed by atoms with Crippen molar-refractivity contribution in [1.29, 1.82) is 0 Å². The Labute approximate surface area is 386 Å². The van der Waals surface area contributed by atoms with Crippen LogP contribution in [0.2, 0.25) is 0 Å². The average molecular weight is 843 g/mol. The number of para-hydroxylation sites is 1. The molecule has 8 aromatic carbocycles. The molecule has 2 aliphatic rings. The molecule has 9 aromatic rings. The van der Waals surface area contributed by atoms with Gasteiger partial charge in [0.15, 0.2) is 7.28 Å². The van der Waals surface area contributed by atoms with Crippen LogP contribution in [-0.2, 0) is 18.3 Å². The van der Waals surface area contributed by atoms with Gasteiger partial charge in [-0.15, -0.1) is 0 Å². The smallest absolute Gasteiger partial charge is 0.198 e. The highest BCUT2D eigenvalue weighted by Gasteiger charge is 2.37. The number of aromatic nitrogens is 1. The summed E-state index contributed by atoms with van der Waals surface area (Å²) in [6.07, 6.45) is 9.68. The molecule has 0 spiro atoms. The molecule has 0 amide bonds. The standard InChI is InChI=1S/C62H59BN2/c1-5-7-11-21-41-31-34-45(35-32-41)64-55-40-48-46-27-17-19-29-52(46)62(3,4)53(48)39-49(55)50-38-51(58(43-23-13-9-14-24-43)44-25-15-10-16-26-44)59-47-28-18-20-30-56(47)65-57-36-33-42(22-12-8-6-2)37-54(57)63-60(50)61(59)65/h9-10,13-20,23-40,58,63-64H,5-8,11-12,21-22H2,1-4H3. The van der Waals surface area contributed by atoms with Crippen LogP contribution in [0.5, 0.6) is 0 Å². The van der Waals surface area contributed by atoms with E-state index in [-0.39, 0.29) is 11.3 Å². The van der Waals surface area contributed by atoms with E-state index in [1.54, 1.807) is 0 Å². The number of anilines is 2. The maximum atomic E-state index is 4.07. The molecule has 0 saturated heterocycles. The molecule has 320 valence electrons. The van der Waals surface area contributed by atoms with Gasteiger partial charge in [0.1, 0.15) is 0 Å². The van der Waals surface area contributed by atoms with Gasteiger partial charge in [0, 0.05) is 50.2 Å². The van der Waals surface area contributed by atoms with Gasteiger partial charge in [0.25, 0.3) is 0 Å². The Kier molecular flexibility index (Phi) is 10.8. The lowest BCUT2D eigenvalue weighted by Crippen LogP contribution is -2.38. The topological polar surface area (TPSA) is 17.0 Å². The van der Waals surface area contributed by atoms with Gasteiger partial charge >= 0.3 is 0 Å². The van der Waals surface area contributed by atoms with Crippen LogP contribution in [-0.4, -0.2) is 11.8 Å². The first-order chi connectivity index (χ1) is 31.9. The molecular formula is C62H59BN2. The van der Waals surface area contributed by atoms with Crippen molar-refractivity contribution in [3.05, 3.63) is 209 Å². The Balaban J connectivity index is 1.22. The molecule has 11 rings (SSSR count). The lowest BCUT2D eigenvalue weighted by molar-refractivity contribution is 0.660. The number of nitrogens with zero attached hydrogens (tertiary/aromatic N) is 1. The normalized spacial score (nSPS) is 13.2. The number of unbranched alkanes of at least 4 members (excludes halogenated alkanes) is 4. The summed E-state index contributed by atoms with van der Waals surface area (Å²) in [7, 11) is 0.868. The van der Waals surface area contributed by atoms with E-state index in [2.05, 4.69) is 207 Å². The molecule has 65 heavy (non-hydrogen) atoms. The largest absolute Gasteiger partial charge is 0.355 e. The van der Waals surface area contributed by atoms with E-state index >= 15 is 0 Å². The zero-order valence-corrected chi connectivity index (χ0v) is 38.6. The molecule has 2 nitrogen and oxygen atoms in total. The first-order valence-electron chi connectivity index (χ1n) is 24.4. The van der Waals surface area contributed by atoms with Gasteiger partial charge in [-0.1, -0.05) is 186 Å². The van der Waals surface area contributed by atoms with Crippen molar-refractivity contribution < 1.29 is 0 Å². The molecule has 0 saturated carbocycles. The summed E-state index contributed by atoms with van der Waals surface area (Å²) < 4.78 is 2.63. The first kappa shape index (κ1) is 41.2. The Bertz CT molecular complexity index is 3150. The molecule has 1 aliphatic heterocycles. The van der Waals surface area contributed by atoms with Crippen molar-refractivity contribution >= 4 is 51.4 Å². The van der Waals surface area contributed by atoms with E-state index < -0.39 is 0 Å². The summed E-state index contributed by atoms with van der Waals surface area (Å²) in [5, 5.41) is 6.74. The highest BCUT2D eigenvalue weighted by molar-refractivity contribution is 6.73. The fraction of sp³-hybridized carbons (Fsp3) is 0.226. The zero-order valence-electron chi connectivity index (χ0n) is 38.6. The molecule has 1 N–H and O–H groups in total. The number of nitrogens with one attached hydrogen (secondary N) is 1. The fourth-order valence-corrected chi connectivity index (χ4v) is 11.5. The minimum Gasteiger partial charge on any atom is -0.355 e. The minimum absolute atomic E-state index is 0.0126. The third kappa shape index (κ3) is 7.21. The zero-order chi connectivity index (χ0) is 44.1. The second kappa shape index (κ2) is 17.1. The first-order valence-corrected chi connectivity index (χ1v) is 24.4. The van der Waals surface area contributed by atoms with Crippen LogP contribution in [0.3, 0.4) is 0 Å². The van der Waals surface area contributed by atoms with Crippen LogP contribution in [0.15, 0.2) is 170 Å². The highest BCUT2D eigenvalue weighted by atomic mass is 15.0. The minimum atomic E-state index is -0.158. The van der Waals surface area contributed by atoms with E-state index in [1.807, 2.05) is 0 Å². The van der Waals surface area contributed by atoms with Crippen LogP contribution in [0.4, 0.5) is 11.4 Å². The molecule has 0 unspecified atom stereocenters. The maximum Gasteiger partial charge on any atom is 0.198 e.